The van der Waals surface area contributed by atoms with E-state index in [-0.39, 0.29) is 17.4 Å². The van der Waals surface area contributed by atoms with E-state index < -0.39 is 11.4 Å². The standard InChI is InChI=1S/C19H19ClFN3OS/c1-19(7-8-26-18(22)24-19)13-3-2-4-15(10-13)23-17(25)9-12-5-6-14(21)11-16(12)20/h2-6,10-11H,7-9H2,1H3,(H2,22,24)(H,23,25). The van der Waals surface area contributed by atoms with Gasteiger partial charge in [-0.3, -0.25) is 9.79 Å². The van der Waals surface area contributed by atoms with Gasteiger partial charge in [-0.15, -0.1) is 0 Å². The summed E-state index contributed by atoms with van der Waals surface area (Å²) in [4.78, 5) is 16.9. The number of rotatable bonds is 4. The Hall–Kier alpha value is -2.05. The number of hydrogen-bond donors (Lipinski definition) is 2. The molecule has 7 heteroatoms. The lowest BCUT2D eigenvalue weighted by molar-refractivity contribution is -0.115. The van der Waals surface area contributed by atoms with Gasteiger partial charge in [-0.2, -0.15) is 0 Å². The largest absolute Gasteiger partial charge is 0.379 e. The van der Waals surface area contributed by atoms with Crippen molar-refractivity contribution in [3.8, 4) is 0 Å². The summed E-state index contributed by atoms with van der Waals surface area (Å²) in [6, 6.07) is 11.6. The zero-order chi connectivity index (χ0) is 18.7. The van der Waals surface area contributed by atoms with E-state index in [1.165, 1.54) is 18.2 Å². The van der Waals surface area contributed by atoms with Gasteiger partial charge in [-0.05, 0) is 48.7 Å². The lowest BCUT2D eigenvalue weighted by atomic mass is 9.89. The summed E-state index contributed by atoms with van der Waals surface area (Å²) in [5, 5.41) is 3.69. The van der Waals surface area contributed by atoms with Gasteiger partial charge >= 0.3 is 0 Å². The molecule has 1 heterocycles. The number of aliphatic imine (C=N–C) groups is 1. The summed E-state index contributed by atoms with van der Waals surface area (Å²) in [6.07, 6.45) is 0.948. The molecule has 26 heavy (non-hydrogen) atoms. The maximum atomic E-state index is 13.1. The van der Waals surface area contributed by atoms with E-state index in [9.17, 15) is 9.18 Å². The highest BCUT2D eigenvalue weighted by Gasteiger charge is 2.29. The van der Waals surface area contributed by atoms with E-state index in [4.69, 9.17) is 17.3 Å². The lowest BCUT2D eigenvalue weighted by Crippen LogP contribution is -2.28. The third-order valence-corrected chi connectivity index (χ3v) is 5.48. The predicted octanol–water partition coefficient (Wildman–Crippen LogP) is 4.33. The third kappa shape index (κ3) is 4.37. The van der Waals surface area contributed by atoms with Gasteiger partial charge in [0, 0.05) is 16.5 Å². The summed E-state index contributed by atoms with van der Waals surface area (Å²) in [7, 11) is 0. The topological polar surface area (TPSA) is 67.5 Å². The first-order valence-electron chi connectivity index (χ1n) is 8.18. The molecule has 0 aliphatic carbocycles. The second-order valence-electron chi connectivity index (χ2n) is 6.36. The average molecular weight is 392 g/mol. The van der Waals surface area contributed by atoms with E-state index in [0.717, 1.165) is 17.7 Å². The van der Waals surface area contributed by atoms with Gasteiger partial charge in [-0.1, -0.05) is 41.6 Å². The number of nitrogens with one attached hydrogen (secondary N) is 1. The Balaban J connectivity index is 1.74. The van der Waals surface area contributed by atoms with E-state index in [1.54, 1.807) is 11.8 Å². The maximum absolute atomic E-state index is 13.1. The first kappa shape index (κ1) is 18.7. The minimum atomic E-state index is -0.425. The Bertz CT molecular complexity index is 874. The number of thioether (sulfide) groups is 1. The molecule has 0 saturated heterocycles. The van der Waals surface area contributed by atoms with Crippen LogP contribution in [-0.2, 0) is 16.8 Å². The number of nitrogens with zero attached hydrogens (tertiary/aromatic N) is 1. The van der Waals surface area contributed by atoms with E-state index in [2.05, 4.69) is 10.3 Å². The molecule has 2 aromatic carbocycles. The molecular weight excluding hydrogens is 373 g/mol. The van der Waals surface area contributed by atoms with Crippen LogP contribution in [0.5, 0.6) is 0 Å². The minimum Gasteiger partial charge on any atom is -0.379 e. The third-order valence-electron chi connectivity index (χ3n) is 4.33. The number of amides is 1. The molecule has 1 amide bonds. The molecule has 4 nitrogen and oxygen atoms in total. The van der Waals surface area contributed by atoms with Gasteiger partial charge in [0.1, 0.15) is 5.82 Å². The highest BCUT2D eigenvalue weighted by molar-refractivity contribution is 8.13. The number of carbonyl (C=O) groups excluding carboxylic acids is 1. The first-order valence-corrected chi connectivity index (χ1v) is 9.54. The fraction of sp³-hybridized carbons (Fsp3) is 0.263. The molecule has 3 N–H and O–H groups in total. The molecule has 1 unspecified atom stereocenters. The molecule has 0 fully saturated rings. The number of benzene rings is 2. The Labute approximate surface area is 161 Å². The van der Waals surface area contributed by atoms with Crippen molar-refractivity contribution in [3.05, 3.63) is 64.4 Å². The number of nitrogens with two attached hydrogens (primary N) is 1. The van der Waals surface area contributed by atoms with Crippen LogP contribution < -0.4 is 11.1 Å². The van der Waals surface area contributed by atoms with E-state index >= 15 is 0 Å². The fourth-order valence-corrected chi connectivity index (χ4v) is 4.08. The zero-order valence-electron chi connectivity index (χ0n) is 14.3. The molecular formula is C19H19ClFN3OS. The van der Waals surface area contributed by atoms with Crippen LogP contribution in [0.25, 0.3) is 0 Å². The SMILES string of the molecule is CC1(c2cccc(NC(=O)Cc3ccc(F)cc3Cl)c2)CCSC(N)=N1. The van der Waals surface area contributed by atoms with Crippen LogP contribution >= 0.6 is 23.4 Å². The molecule has 136 valence electrons. The summed E-state index contributed by atoms with van der Waals surface area (Å²) >= 11 is 7.54. The van der Waals surface area contributed by atoms with Crippen molar-refractivity contribution in [3.63, 3.8) is 0 Å². The second kappa shape index (κ2) is 7.68. The highest BCUT2D eigenvalue weighted by Crippen LogP contribution is 2.35. The second-order valence-corrected chi connectivity index (χ2v) is 7.89. The Morgan fingerprint density at radius 1 is 1.38 bits per heavy atom. The van der Waals surface area contributed by atoms with E-state index in [1.807, 2.05) is 31.2 Å². The van der Waals surface area contributed by atoms with Crippen molar-refractivity contribution in [2.24, 2.45) is 10.7 Å². The molecule has 0 radical (unpaired) electrons. The molecule has 3 rings (SSSR count). The van der Waals surface area contributed by atoms with Crippen molar-refractivity contribution in [1.82, 2.24) is 0 Å². The van der Waals surface area contributed by atoms with E-state index in [0.29, 0.717) is 16.4 Å². The number of anilines is 1. The molecule has 0 bridgehead atoms. The van der Waals surface area contributed by atoms with Gasteiger partial charge in [0.2, 0.25) is 5.91 Å². The summed E-state index contributed by atoms with van der Waals surface area (Å²) in [5.74, 6) is 0.263. The zero-order valence-corrected chi connectivity index (χ0v) is 15.8. The Kier molecular flexibility index (Phi) is 5.53. The van der Waals surface area contributed by atoms with Crippen molar-refractivity contribution in [2.45, 2.75) is 25.3 Å². The van der Waals surface area contributed by atoms with Crippen LogP contribution in [0.2, 0.25) is 5.02 Å². The molecule has 1 aliphatic heterocycles. The fourth-order valence-electron chi connectivity index (χ4n) is 2.87. The summed E-state index contributed by atoms with van der Waals surface area (Å²) in [6.45, 7) is 2.04. The van der Waals surface area contributed by atoms with Gasteiger partial charge < -0.3 is 11.1 Å². The quantitative estimate of drug-likeness (QED) is 0.815. The van der Waals surface area contributed by atoms with Crippen LogP contribution in [0, 0.1) is 5.82 Å². The first-order chi connectivity index (χ1) is 12.4. The van der Waals surface area contributed by atoms with Crippen molar-refractivity contribution in [2.75, 3.05) is 11.1 Å². The van der Waals surface area contributed by atoms with Crippen LogP contribution in [0.1, 0.15) is 24.5 Å². The normalized spacial score (nSPS) is 19.7. The summed E-state index contributed by atoms with van der Waals surface area (Å²) < 4.78 is 13.1. The van der Waals surface area contributed by atoms with Gasteiger partial charge in [0.25, 0.3) is 0 Å². The smallest absolute Gasteiger partial charge is 0.228 e. The van der Waals surface area contributed by atoms with Gasteiger partial charge in [0.15, 0.2) is 5.17 Å². The molecule has 0 saturated carbocycles. The number of amidine groups is 1. The number of carbonyl (C=O) groups is 1. The van der Waals surface area contributed by atoms with Crippen LogP contribution in [0.15, 0.2) is 47.5 Å². The monoisotopic (exact) mass is 391 g/mol. The number of hydrogen-bond acceptors (Lipinski definition) is 4. The van der Waals surface area contributed by atoms with Crippen molar-refractivity contribution in [1.29, 1.82) is 0 Å². The Morgan fingerprint density at radius 3 is 2.92 bits per heavy atom. The average Bonchev–Trinajstić information content (AvgIpc) is 2.57. The molecule has 1 aliphatic rings. The molecule has 2 aromatic rings. The van der Waals surface area contributed by atoms with Crippen LogP contribution in [0.3, 0.4) is 0 Å². The maximum Gasteiger partial charge on any atom is 0.228 e. The van der Waals surface area contributed by atoms with Crippen LogP contribution in [-0.4, -0.2) is 16.8 Å². The minimum absolute atomic E-state index is 0.0718. The molecule has 0 spiro atoms. The van der Waals surface area contributed by atoms with Gasteiger partial charge in [-0.25, -0.2) is 4.39 Å². The molecule has 0 aromatic heterocycles. The van der Waals surface area contributed by atoms with Crippen molar-refractivity contribution < 1.29 is 9.18 Å². The summed E-state index contributed by atoms with van der Waals surface area (Å²) in [5.41, 5.74) is 7.75. The molecule has 1 atom stereocenters. The lowest BCUT2D eigenvalue weighted by Gasteiger charge is -2.30. The predicted molar refractivity (Wildman–Crippen MR) is 106 cm³/mol. The highest BCUT2D eigenvalue weighted by atomic mass is 35.5. The van der Waals surface area contributed by atoms with Gasteiger partial charge in [0.05, 0.1) is 12.0 Å². The van der Waals surface area contributed by atoms with Crippen molar-refractivity contribution >= 4 is 40.1 Å². The van der Waals surface area contributed by atoms with Crippen LogP contribution in [0.4, 0.5) is 10.1 Å². The Morgan fingerprint density at radius 2 is 2.19 bits per heavy atom. The number of halogens is 2.